The number of fused-ring (bicyclic) bond motifs is 1. The first kappa shape index (κ1) is 13.2. The Labute approximate surface area is 113 Å². The van der Waals surface area contributed by atoms with Crippen LogP contribution >= 0.6 is 0 Å². The van der Waals surface area contributed by atoms with Gasteiger partial charge in [-0.25, -0.2) is 0 Å². The van der Waals surface area contributed by atoms with Crippen LogP contribution in [0.15, 0.2) is 22.6 Å². The number of carbonyl (C=O) groups excluding carboxylic acids is 1. The van der Waals surface area contributed by atoms with Gasteiger partial charge in [0.2, 0.25) is 0 Å². The summed E-state index contributed by atoms with van der Waals surface area (Å²) in [4.78, 5) is 13.4. The Morgan fingerprint density at radius 3 is 2.53 bits per heavy atom. The number of amides is 1. The van der Waals surface area contributed by atoms with Gasteiger partial charge in [-0.15, -0.1) is 6.42 Å². The van der Waals surface area contributed by atoms with E-state index in [9.17, 15) is 4.79 Å². The zero-order chi connectivity index (χ0) is 14.2. The average molecular weight is 255 g/mol. The predicted molar refractivity (Wildman–Crippen MR) is 76.3 cm³/mol. The molecule has 0 unspecified atom stereocenters. The van der Waals surface area contributed by atoms with Gasteiger partial charge in [0.25, 0.3) is 5.91 Å². The summed E-state index contributed by atoms with van der Waals surface area (Å²) >= 11 is 0. The van der Waals surface area contributed by atoms with Crippen molar-refractivity contribution in [2.45, 2.75) is 19.8 Å². The topological polar surface area (TPSA) is 33.5 Å². The lowest BCUT2D eigenvalue weighted by molar-refractivity contribution is 0.0799. The molecule has 0 radical (unpaired) electrons. The SMILES string of the molecule is C#Cc1cc(C(C)C)cc2cc(C(=O)N(C)C)oc12. The first-order valence-electron chi connectivity index (χ1n) is 6.19. The van der Waals surface area contributed by atoms with Gasteiger partial charge in [-0.1, -0.05) is 19.8 Å². The van der Waals surface area contributed by atoms with Crippen LogP contribution in [0.4, 0.5) is 0 Å². The fraction of sp³-hybridized carbons (Fsp3) is 0.312. The van der Waals surface area contributed by atoms with Crippen molar-refractivity contribution < 1.29 is 9.21 Å². The molecule has 0 aliphatic rings. The Balaban J connectivity index is 2.65. The van der Waals surface area contributed by atoms with Gasteiger partial charge in [0.1, 0.15) is 0 Å². The second-order valence-corrected chi connectivity index (χ2v) is 5.10. The summed E-state index contributed by atoms with van der Waals surface area (Å²) in [6.45, 7) is 4.21. The van der Waals surface area contributed by atoms with Crippen LogP contribution < -0.4 is 0 Å². The van der Waals surface area contributed by atoms with E-state index in [0.717, 1.165) is 10.9 Å². The van der Waals surface area contributed by atoms with Crippen molar-refractivity contribution in [1.29, 1.82) is 0 Å². The molecule has 0 saturated heterocycles. The molecule has 3 nitrogen and oxygen atoms in total. The van der Waals surface area contributed by atoms with Gasteiger partial charge in [0, 0.05) is 19.5 Å². The van der Waals surface area contributed by atoms with Crippen LogP contribution in [0.2, 0.25) is 0 Å². The second-order valence-electron chi connectivity index (χ2n) is 5.10. The summed E-state index contributed by atoms with van der Waals surface area (Å²) in [5.74, 6) is 3.16. The molecular weight excluding hydrogens is 238 g/mol. The van der Waals surface area contributed by atoms with E-state index in [1.54, 1.807) is 20.2 Å². The van der Waals surface area contributed by atoms with E-state index in [-0.39, 0.29) is 5.91 Å². The maximum Gasteiger partial charge on any atom is 0.289 e. The zero-order valence-electron chi connectivity index (χ0n) is 11.7. The van der Waals surface area contributed by atoms with Crippen LogP contribution in [0.5, 0.6) is 0 Å². The van der Waals surface area contributed by atoms with E-state index in [2.05, 4.69) is 19.8 Å². The number of terminal acetylenes is 1. The van der Waals surface area contributed by atoms with Crippen LogP contribution in [0.25, 0.3) is 11.0 Å². The number of hydrogen-bond donors (Lipinski definition) is 0. The number of hydrogen-bond acceptors (Lipinski definition) is 2. The summed E-state index contributed by atoms with van der Waals surface area (Å²) in [7, 11) is 3.38. The highest BCUT2D eigenvalue weighted by Gasteiger charge is 2.16. The Bertz CT molecular complexity index is 672. The molecule has 1 aromatic carbocycles. The van der Waals surface area contributed by atoms with Crippen LogP contribution in [-0.2, 0) is 0 Å². The van der Waals surface area contributed by atoms with Crippen molar-refractivity contribution in [2.75, 3.05) is 14.1 Å². The van der Waals surface area contributed by atoms with Crippen molar-refractivity contribution in [3.05, 3.63) is 35.1 Å². The minimum Gasteiger partial charge on any atom is -0.450 e. The molecule has 0 bridgehead atoms. The third-order valence-electron chi connectivity index (χ3n) is 3.08. The highest BCUT2D eigenvalue weighted by atomic mass is 16.3. The summed E-state index contributed by atoms with van der Waals surface area (Å²) in [5.41, 5.74) is 2.45. The number of carbonyl (C=O) groups is 1. The van der Waals surface area contributed by atoms with Crippen molar-refractivity contribution in [3.63, 3.8) is 0 Å². The molecule has 0 atom stereocenters. The highest BCUT2D eigenvalue weighted by Crippen LogP contribution is 2.28. The first-order chi connectivity index (χ1) is 8.93. The molecular formula is C16H17NO2. The first-order valence-corrected chi connectivity index (χ1v) is 6.19. The normalized spacial score (nSPS) is 10.7. The zero-order valence-corrected chi connectivity index (χ0v) is 11.7. The number of furan rings is 1. The van der Waals surface area contributed by atoms with E-state index in [1.165, 1.54) is 4.90 Å². The summed E-state index contributed by atoms with van der Waals surface area (Å²) in [5, 5.41) is 0.879. The van der Waals surface area contributed by atoms with Crippen molar-refractivity contribution >= 4 is 16.9 Å². The fourth-order valence-electron chi connectivity index (χ4n) is 1.94. The Kier molecular flexibility index (Phi) is 3.35. The van der Waals surface area contributed by atoms with Gasteiger partial charge in [-0.05, 0) is 29.7 Å². The lowest BCUT2D eigenvalue weighted by atomic mass is 9.99. The minimum atomic E-state index is -0.162. The maximum atomic E-state index is 11.9. The molecule has 0 spiro atoms. The molecule has 0 N–H and O–H groups in total. The van der Waals surface area contributed by atoms with Gasteiger partial charge in [-0.2, -0.15) is 0 Å². The van der Waals surface area contributed by atoms with Gasteiger partial charge < -0.3 is 9.32 Å². The van der Waals surface area contributed by atoms with Crippen LogP contribution in [0.1, 0.15) is 41.4 Å². The molecule has 0 fully saturated rings. The monoisotopic (exact) mass is 255 g/mol. The third kappa shape index (κ3) is 2.34. The van der Waals surface area contributed by atoms with E-state index >= 15 is 0 Å². The molecule has 2 rings (SSSR count). The molecule has 2 aromatic rings. The summed E-state index contributed by atoms with van der Waals surface area (Å²) in [6, 6.07) is 5.72. The number of nitrogens with zero attached hydrogens (tertiary/aromatic N) is 1. The van der Waals surface area contributed by atoms with Crippen LogP contribution in [0, 0.1) is 12.3 Å². The van der Waals surface area contributed by atoms with E-state index in [4.69, 9.17) is 10.8 Å². The molecule has 1 heterocycles. The van der Waals surface area contributed by atoms with E-state index < -0.39 is 0 Å². The second kappa shape index (κ2) is 4.81. The van der Waals surface area contributed by atoms with Gasteiger partial charge >= 0.3 is 0 Å². The minimum absolute atomic E-state index is 0.162. The standard InChI is InChI=1S/C16H17NO2/c1-6-11-7-12(10(2)3)8-13-9-14(19-15(11)13)16(18)17(4)5/h1,7-10H,2-5H3. The molecule has 98 valence electrons. The molecule has 1 aromatic heterocycles. The molecule has 0 saturated carbocycles. The van der Waals surface area contributed by atoms with Crippen molar-refractivity contribution in [1.82, 2.24) is 4.90 Å². The Morgan fingerprint density at radius 1 is 1.32 bits per heavy atom. The van der Waals surface area contributed by atoms with Crippen LogP contribution in [0.3, 0.4) is 0 Å². The number of benzene rings is 1. The summed E-state index contributed by atoms with van der Waals surface area (Å²) < 4.78 is 5.61. The average Bonchev–Trinajstić information content (AvgIpc) is 2.79. The lowest BCUT2D eigenvalue weighted by Crippen LogP contribution is -2.20. The van der Waals surface area contributed by atoms with E-state index in [1.807, 2.05) is 12.1 Å². The van der Waals surface area contributed by atoms with Gasteiger partial charge in [-0.3, -0.25) is 4.79 Å². The molecule has 1 amide bonds. The van der Waals surface area contributed by atoms with Crippen molar-refractivity contribution in [3.8, 4) is 12.3 Å². The molecule has 3 heteroatoms. The van der Waals surface area contributed by atoms with E-state index in [0.29, 0.717) is 22.8 Å². The van der Waals surface area contributed by atoms with Gasteiger partial charge in [0.15, 0.2) is 11.3 Å². The largest absolute Gasteiger partial charge is 0.450 e. The lowest BCUT2D eigenvalue weighted by Gasteiger charge is -2.06. The maximum absolute atomic E-state index is 11.9. The van der Waals surface area contributed by atoms with Crippen molar-refractivity contribution in [2.24, 2.45) is 0 Å². The number of rotatable bonds is 2. The Hall–Kier alpha value is -2.21. The Morgan fingerprint density at radius 2 is 2.00 bits per heavy atom. The molecule has 0 aliphatic carbocycles. The fourth-order valence-corrected chi connectivity index (χ4v) is 1.94. The molecule has 19 heavy (non-hydrogen) atoms. The quantitative estimate of drug-likeness (QED) is 0.772. The highest BCUT2D eigenvalue weighted by molar-refractivity contribution is 5.97. The predicted octanol–water partition coefficient (Wildman–Crippen LogP) is 3.24. The third-order valence-corrected chi connectivity index (χ3v) is 3.08. The van der Waals surface area contributed by atoms with Gasteiger partial charge in [0.05, 0.1) is 5.56 Å². The molecule has 0 aliphatic heterocycles. The smallest absolute Gasteiger partial charge is 0.289 e. The summed E-state index contributed by atoms with van der Waals surface area (Å²) in [6.07, 6.45) is 5.52. The van der Waals surface area contributed by atoms with Crippen LogP contribution in [-0.4, -0.2) is 24.9 Å².